The largest absolute Gasteiger partial charge is 0.372 e. The van der Waals surface area contributed by atoms with Crippen LogP contribution in [0.3, 0.4) is 0 Å². The minimum Gasteiger partial charge on any atom is -0.372 e. The number of hydrogen-bond acceptors (Lipinski definition) is 6. The summed E-state index contributed by atoms with van der Waals surface area (Å²) < 4.78 is 39.2. The molecule has 10 heteroatoms. The number of terminal acetylenes is 1. The molecular formula is C23H25F3N6O. The van der Waals surface area contributed by atoms with Gasteiger partial charge in [-0.15, -0.1) is 12.8 Å². The van der Waals surface area contributed by atoms with Crippen molar-refractivity contribution < 1.29 is 18.0 Å². The molecule has 0 spiro atoms. The highest BCUT2D eigenvalue weighted by molar-refractivity contribution is 5.82. The minimum absolute atomic E-state index is 0.329. The Kier molecular flexibility index (Phi) is 9.52. The Morgan fingerprint density at radius 1 is 1.30 bits per heavy atom. The zero-order valence-corrected chi connectivity index (χ0v) is 18.1. The summed E-state index contributed by atoms with van der Waals surface area (Å²) in [5, 5.41) is 11.1. The van der Waals surface area contributed by atoms with Crippen LogP contribution in [0.5, 0.6) is 0 Å². The number of carbonyl (C=O) groups is 1. The van der Waals surface area contributed by atoms with Gasteiger partial charge in [0.15, 0.2) is 0 Å². The molecule has 4 N–H and O–H groups in total. The molecule has 1 unspecified atom stereocenters. The maximum absolute atomic E-state index is 13.1. The topological polar surface area (TPSA) is 91.0 Å². The summed E-state index contributed by atoms with van der Waals surface area (Å²) in [7, 11) is 1.71. The number of nitrogens with one attached hydrogen (secondary N) is 4. The number of unbranched alkanes of at least 4 members (excludes halogenated alkanes) is 1. The van der Waals surface area contributed by atoms with Crippen molar-refractivity contribution in [1.82, 2.24) is 20.6 Å². The van der Waals surface area contributed by atoms with Gasteiger partial charge < -0.3 is 16.0 Å². The molecule has 0 saturated carbocycles. The van der Waals surface area contributed by atoms with Gasteiger partial charge in [-0.05, 0) is 30.7 Å². The first-order valence-electron chi connectivity index (χ1n) is 10.1. The molecule has 1 saturated heterocycles. The highest BCUT2D eigenvalue weighted by Crippen LogP contribution is 2.25. The molecule has 0 aliphatic carbocycles. The van der Waals surface area contributed by atoms with E-state index in [0.717, 1.165) is 0 Å². The van der Waals surface area contributed by atoms with Gasteiger partial charge in [0.25, 0.3) is 5.92 Å². The lowest BCUT2D eigenvalue weighted by Gasteiger charge is -2.10. The Morgan fingerprint density at radius 3 is 2.67 bits per heavy atom. The van der Waals surface area contributed by atoms with Gasteiger partial charge in [0.1, 0.15) is 11.6 Å². The van der Waals surface area contributed by atoms with E-state index in [1.807, 2.05) is 0 Å². The molecule has 2 heterocycles. The predicted molar refractivity (Wildman–Crippen MR) is 122 cm³/mol. The molecule has 1 atom stereocenters. The summed E-state index contributed by atoms with van der Waals surface area (Å²) in [6.45, 7) is -0.113. The van der Waals surface area contributed by atoms with E-state index in [2.05, 4.69) is 55.9 Å². The molecule has 2 aromatic rings. The van der Waals surface area contributed by atoms with Crippen LogP contribution in [0.25, 0.3) is 0 Å². The van der Waals surface area contributed by atoms with Crippen LogP contribution in [0, 0.1) is 30.5 Å². The number of alkyl halides is 2. The quantitative estimate of drug-likeness (QED) is 0.377. The Bertz CT molecular complexity index is 1010. The first-order chi connectivity index (χ1) is 15.9. The molecule has 1 aromatic carbocycles. The number of amides is 1. The Balaban J connectivity index is 0.00000187. The van der Waals surface area contributed by atoms with Crippen LogP contribution in [-0.2, 0) is 4.79 Å². The average Bonchev–Trinajstić information content (AvgIpc) is 3.19. The third-order valence-corrected chi connectivity index (χ3v) is 4.55. The van der Waals surface area contributed by atoms with Crippen molar-refractivity contribution in [1.29, 1.82) is 0 Å². The van der Waals surface area contributed by atoms with Crippen LogP contribution in [-0.4, -0.2) is 48.0 Å². The number of aromatic nitrogens is 2. The second kappa shape index (κ2) is 12.3. The smallest absolute Gasteiger partial charge is 0.262 e. The van der Waals surface area contributed by atoms with Crippen LogP contribution in [0.1, 0.15) is 24.8 Å². The molecule has 1 aliphatic heterocycles. The van der Waals surface area contributed by atoms with E-state index < -0.39 is 30.8 Å². The maximum atomic E-state index is 13.1. The fraction of sp³-hybridized carbons (Fsp3) is 0.348. The third kappa shape index (κ3) is 8.02. The van der Waals surface area contributed by atoms with Crippen molar-refractivity contribution in [2.75, 3.05) is 30.8 Å². The van der Waals surface area contributed by atoms with E-state index in [1.54, 1.807) is 25.4 Å². The van der Waals surface area contributed by atoms with Gasteiger partial charge in [0, 0.05) is 32.1 Å². The molecule has 0 radical (unpaired) electrons. The van der Waals surface area contributed by atoms with E-state index in [4.69, 9.17) is 0 Å². The first-order valence-corrected chi connectivity index (χ1v) is 10.1. The van der Waals surface area contributed by atoms with E-state index in [1.165, 1.54) is 12.1 Å². The fourth-order valence-corrected chi connectivity index (χ4v) is 2.96. The third-order valence-electron chi connectivity index (χ3n) is 4.55. The number of anilines is 3. The van der Waals surface area contributed by atoms with E-state index in [-0.39, 0.29) is 5.82 Å². The van der Waals surface area contributed by atoms with Gasteiger partial charge in [0.2, 0.25) is 11.9 Å². The second-order valence-corrected chi connectivity index (χ2v) is 7.03. The summed E-state index contributed by atoms with van der Waals surface area (Å²) in [5.41, 5.74) is 1.26. The molecule has 1 aliphatic rings. The number of hydrogen-bond donors (Lipinski definition) is 4. The molecule has 0 bridgehead atoms. The Morgan fingerprint density at radius 2 is 2.03 bits per heavy atom. The lowest BCUT2D eigenvalue weighted by Crippen LogP contribution is -2.40. The molecule has 3 rings (SSSR count). The van der Waals surface area contributed by atoms with Crippen molar-refractivity contribution in [3.05, 3.63) is 41.8 Å². The number of carbonyl (C=O) groups excluding carboxylic acids is 1. The molecule has 7 nitrogen and oxygen atoms in total. The molecule has 1 fully saturated rings. The van der Waals surface area contributed by atoms with Crippen LogP contribution < -0.4 is 21.3 Å². The van der Waals surface area contributed by atoms with Gasteiger partial charge in [-0.25, -0.2) is 18.2 Å². The Hall–Kier alpha value is -3.76. The standard InChI is InChI=1S/C21H23F3N6O.C2H2/c1-25-18-14(12-27-20(30-18)29-16-8-6-15(22)7-9-16)5-3-2-4-10-26-19(31)17-11-21(23,24)13-28-17;1-2/h6-9,12,17,28H,2,4,10-11,13H2,1H3,(H,26,31)(H2,25,27,29,30);1-2H. The zero-order valence-electron chi connectivity index (χ0n) is 18.1. The SMILES string of the molecule is C#C.CNc1nc(Nc2ccc(F)cc2)ncc1C#CCCCNC(=O)C1CC(F)(F)CN1. The number of nitrogens with zero attached hydrogens (tertiary/aromatic N) is 2. The zero-order chi connectivity index (χ0) is 24.3. The average molecular weight is 458 g/mol. The second-order valence-electron chi connectivity index (χ2n) is 7.03. The number of halogens is 3. The fourth-order valence-electron chi connectivity index (χ4n) is 2.96. The predicted octanol–water partition coefficient (Wildman–Crippen LogP) is 2.90. The van der Waals surface area contributed by atoms with Crippen molar-refractivity contribution >= 4 is 23.4 Å². The van der Waals surface area contributed by atoms with Crippen molar-refractivity contribution in [3.8, 4) is 24.7 Å². The van der Waals surface area contributed by atoms with Gasteiger partial charge in [0.05, 0.1) is 24.3 Å². The lowest BCUT2D eigenvalue weighted by atomic mass is 10.2. The van der Waals surface area contributed by atoms with Crippen LogP contribution in [0.15, 0.2) is 30.5 Å². The molecule has 1 amide bonds. The highest BCUT2D eigenvalue weighted by Gasteiger charge is 2.42. The number of benzene rings is 1. The van der Waals surface area contributed by atoms with Crippen LogP contribution in [0.4, 0.5) is 30.6 Å². The molecular weight excluding hydrogens is 433 g/mol. The normalized spacial score (nSPS) is 15.9. The molecule has 1 aromatic heterocycles. The van der Waals surface area contributed by atoms with E-state index >= 15 is 0 Å². The summed E-state index contributed by atoms with van der Waals surface area (Å²) >= 11 is 0. The summed E-state index contributed by atoms with van der Waals surface area (Å²) in [4.78, 5) is 20.4. The van der Waals surface area contributed by atoms with Crippen molar-refractivity contribution in [2.45, 2.75) is 31.2 Å². The minimum atomic E-state index is -2.83. The van der Waals surface area contributed by atoms with Gasteiger partial charge in [-0.3, -0.25) is 10.1 Å². The van der Waals surface area contributed by atoms with Gasteiger partial charge >= 0.3 is 0 Å². The van der Waals surface area contributed by atoms with Crippen molar-refractivity contribution in [2.24, 2.45) is 0 Å². The van der Waals surface area contributed by atoms with E-state index in [9.17, 15) is 18.0 Å². The maximum Gasteiger partial charge on any atom is 0.262 e. The first kappa shape index (κ1) is 25.5. The van der Waals surface area contributed by atoms with Gasteiger partial charge in [-0.1, -0.05) is 11.8 Å². The highest BCUT2D eigenvalue weighted by atomic mass is 19.3. The van der Waals surface area contributed by atoms with Crippen molar-refractivity contribution in [3.63, 3.8) is 0 Å². The molecule has 33 heavy (non-hydrogen) atoms. The summed E-state index contributed by atoms with van der Waals surface area (Å²) in [6, 6.07) is 4.99. The van der Waals surface area contributed by atoms with Crippen LogP contribution in [0.2, 0.25) is 0 Å². The summed E-state index contributed by atoms with van der Waals surface area (Å²) in [5.74, 6) is 3.27. The molecule has 174 valence electrons. The van der Waals surface area contributed by atoms with Gasteiger partial charge in [-0.2, -0.15) is 4.98 Å². The number of rotatable bonds is 7. The van der Waals surface area contributed by atoms with E-state index in [0.29, 0.717) is 42.4 Å². The monoisotopic (exact) mass is 458 g/mol. The Labute approximate surface area is 191 Å². The lowest BCUT2D eigenvalue weighted by molar-refractivity contribution is -0.123. The summed E-state index contributed by atoms with van der Waals surface area (Å²) in [6.07, 6.45) is 10.2. The van der Waals surface area contributed by atoms with Crippen LogP contribution >= 0.6 is 0 Å².